The molecule has 5 rings (SSSR count). The second kappa shape index (κ2) is 9.95. The van der Waals surface area contributed by atoms with Crippen LogP contribution >= 0.6 is 11.3 Å². The molecule has 7 heteroatoms. The number of nitrogen functional groups attached to an aromatic ring is 1. The normalized spacial score (nSPS) is 10.9. The van der Waals surface area contributed by atoms with Crippen LogP contribution in [-0.2, 0) is 0 Å². The molecule has 3 N–H and O–H groups in total. The van der Waals surface area contributed by atoms with Crippen molar-refractivity contribution in [3.8, 4) is 33.9 Å². The Hall–Kier alpha value is -4.36. The average Bonchev–Trinajstić information content (AvgIpc) is 3.24. The first-order chi connectivity index (χ1) is 17.9. The van der Waals surface area contributed by atoms with Crippen molar-refractivity contribution in [1.82, 2.24) is 4.98 Å². The smallest absolute Gasteiger partial charge is 0.267 e. The number of nitrogens with two attached hydrogens (primary N) is 1. The molecule has 0 saturated heterocycles. The van der Waals surface area contributed by atoms with Gasteiger partial charge in [-0.05, 0) is 60.9 Å². The lowest BCUT2D eigenvalue weighted by Crippen LogP contribution is -2.11. The average molecular weight is 510 g/mol. The number of aromatic nitrogens is 1. The molecule has 5 aromatic rings. The lowest BCUT2D eigenvalue weighted by atomic mass is 9.97. The Morgan fingerprint density at radius 3 is 2.35 bits per heavy atom. The summed E-state index contributed by atoms with van der Waals surface area (Å²) in [6.45, 7) is 4.14. The molecule has 2 aromatic heterocycles. The Morgan fingerprint density at radius 1 is 0.892 bits per heavy atom. The van der Waals surface area contributed by atoms with Gasteiger partial charge in [0.25, 0.3) is 5.91 Å². The second-order valence-electron chi connectivity index (χ2n) is 8.79. The van der Waals surface area contributed by atoms with Crippen molar-refractivity contribution >= 4 is 38.8 Å². The molecule has 3 aromatic carbocycles. The number of aryl methyl sites for hydroxylation is 2. The van der Waals surface area contributed by atoms with Gasteiger partial charge in [-0.15, -0.1) is 11.3 Å². The van der Waals surface area contributed by atoms with Gasteiger partial charge in [-0.2, -0.15) is 0 Å². The Morgan fingerprint density at radius 2 is 1.65 bits per heavy atom. The summed E-state index contributed by atoms with van der Waals surface area (Å²) in [5.74, 6) is 0.972. The fourth-order valence-electron chi connectivity index (χ4n) is 4.47. The van der Waals surface area contributed by atoms with Crippen LogP contribution < -0.4 is 20.5 Å². The summed E-state index contributed by atoms with van der Waals surface area (Å²) in [4.78, 5) is 19.3. The van der Waals surface area contributed by atoms with Crippen LogP contribution in [0.25, 0.3) is 32.6 Å². The van der Waals surface area contributed by atoms with Crippen LogP contribution in [0.5, 0.6) is 11.5 Å². The number of pyridine rings is 1. The van der Waals surface area contributed by atoms with Crippen LogP contribution in [0.4, 0.5) is 11.4 Å². The number of fused-ring (bicyclic) bond motifs is 1. The molecule has 0 spiro atoms. The number of carbonyl (C=O) groups excluding carboxylic acids is 1. The molecular weight excluding hydrogens is 482 g/mol. The number of nitrogens with one attached hydrogen (secondary N) is 1. The van der Waals surface area contributed by atoms with E-state index in [9.17, 15) is 4.79 Å². The number of benzene rings is 3. The monoisotopic (exact) mass is 509 g/mol. The number of para-hydroxylation sites is 1. The molecule has 0 aliphatic heterocycles. The summed E-state index contributed by atoms with van der Waals surface area (Å²) in [5, 5.41) is 3.68. The van der Waals surface area contributed by atoms with E-state index in [1.165, 1.54) is 16.9 Å². The van der Waals surface area contributed by atoms with Crippen molar-refractivity contribution in [2.24, 2.45) is 0 Å². The molecule has 37 heavy (non-hydrogen) atoms. The van der Waals surface area contributed by atoms with Crippen molar-refractivity contribution in [3.63, 3.8) is 0 Å². The van der Waals surface area contributed by atoms with Crippen molar-refractivity contribution in [3.05, 3.63) is 88.8 Å². The van der Waals surface area contributed by atoms with Gasteiger partial charge in [0.05, 0.1) is 25.6 Å². The molecule has 0 fully saturated rings. The number of hydrogen-bond donors (Lipinski definition) is 2. The Labute approximate surface area is 219 Å². The lowest BCUT2D eigenvalue weighted by molar-refractivity contribution is 0.103. The molecule has 0 aliphatic rings. The molecule has 0 unspecified atom stereocenters. The SMILES string of the molecule is COc1ccc(-c2cc(-c3ccc(C)cc3C)nc3sc(C(=O)Nc4ccccc4)c(N)c23)cc1OC. The maximum atomic E-state index is 13.2. The maximum absolute atomic E-state index is 13.2. The van der Waals surface area contributed by atoms with Crippen molar-refractivity contribution in [1.29, 1.82) is 0 Å². The van der Waals surface area contributed by atoms with E-state index in [2.05, 4.69) is 37.4 Å². The highest BCUT2D eigenvalue weighted by molar-refractivity contribution is 7.21. The van der Waals surface area contributed by atoms with Gasteiger partial charge in [0.15, 0.2) is 11.5 Å². The molecule has 1 amide bonds. The second-order valence-corrected chi connectivity index (χ2v) is 9.79. The van der Waals surface area contributed by atoms with Gasteiger partial charge in [0.2, 0.25) is 0 Å². The third-order valence-electron chi connectivity index (χ3n) is 6.29. The van der Waals surface area contributed by atoms with Crippen LogP contribution in [0.2, 0.25) is 0 Å². The standard InChI is InChI=1S/C30H27N3O3S/c1-17-10-12-21(18(2)14-17)23-16-22(19-11-13-24(35-3)25(15-19)36-4)26-27(31)28(37-30(26)33-23)29(34)32-20-8-6-5-7-9-20/h5-16H,31H2,1-4H3,(H,32,34). The van der Waals surface area contributed by atoms with Gasteiger partial charge in [-0.3, -0.25) is 4.79 Å². The van der Waals surface area contributed by atoms with E-state index >= 15 is 0 Å². The number of hydrogen-bond acceptors (Lipinski definition) is 6. The van der Waals surface area contributed by atoms with E-state index < -0.39 is 0 Å². The van der Waals surface area contributed by atoms with Crippen molar-refractivity contribution in [2.75, 3.05) is 25.3 Å². The van der Waals surface area contributed by atoms with E-state index in [0.717, 1.165) is 33.3 Å². The van der Waals surface area contributed by atoms with Crippen LogP contribution in [0.1, 0.15) is 20.8 Å². The summed E-state index contributed by atoms with van der Waals surface area (Å²) in [5.41, 5.74) is 13.6. The first kappa shape index (κ1) is 24.3. The zero-order valence-corrected chi connectivity index (χ0v) is 21.9. The van der Waals surface area contributed by atoms with E-state index in [1.54, 1.807) is 14.2 Å². The number of methoxy groups -OCH3 is 2. The minimum absolute atomic E-state index is 0.266. The molecule has 0 saturated carbocycles. The first-order valence-corrected chi connectivity index (χ1v) is 12.6. The Kier molecular flexibility index (Phi) is 6.54. The van der Waals surface area contributed by atoms with Gasteiger partial charge in [0.1, 0.15) is 9.71 Å². The number of rotatable bonds is 6. The molecule has 6 nitrogen and oxygen atoms in total. The summed E-state index contributed by atoms with van der Waals surface area (Å²) in [6, 6.07) is 23.4. The van der Waals surface area contributed by atoms with Gasteiger partial charge in [0, 0.05) is 16.6 Å². The Balaban J connectivity index is 1.73. The number of anilines is 2. The van der Waals surface area contributed by atoms with Gasteiger partial charge < -0.3 is 20.5 Å². The van der Waals surface area contributed by atoms with Gasteiger partial charge in [-0.25, -0.2) is 4.98 Å². The fourth-order valence-corrected chi connectivity index (χ4v) is 5.48. The van der Waals surface area contributed by atoms with Crippen LogP contribution in [0.3, 0.4) is 0 Å². The van der Waals surface area contributed by atoms with E-state index in [1.807, 2.05) is 54.6 Å². The van der Waals surface area contributed by atoms with Crippen LogP contribution in [-0.4, -0.2) is 25.1 Å². The summed E-state index contributed by atoms with van der Waals surface area (Å²) in [6.07, 6.45) is 0. The zero-order chi connectivity index (χ0) is 26.1. The number of thiophene rings is 1. The van der Waals surface area contributed by atoms with Gasteiger partial charge >= 0.3 is 0 Å². The van der Waals surface area contributed by atoms with E-state index in [4.69, 9.17) is 20.2 Å². The number of carbonyl (C=O) groups is 1. The fraction of sp³-hybridized carbons (Fsp3) is 0.133. The minimum atomic E-state index is -0.266. The van der Waals surface area contributed by atoms with E-state index in [0.29, 0.717) is 32.6 Å². The van der Waals surface area contributed by atoms with Crippen LogP contribution in [0, 0.1) is 13.8 Å². The highest BCUT2D eigenvalue weighted by Crippen LogP contribution is 2.43. The highest BCUT2D eigenvalue weighted by atomic mass is 32.1. The molecule has 0 radical (unpaired) electrons. The molecule has 0 aliphatic carbocycles. The highest BCUT2D eigenvalue weighted by Gasteiger charge is 2.23. The van der Waals surface area contributed by atoms with Crippen molar-refractivity contribution < 1.29 is 14.3 Å². The third kappa shape index (κ3) is 4.61. The lowest BCUT2D eigenvalue weighted by Gasteiger charge is -2.13. The number of amides is 1. The third-order valence-corrected chi connectivity index (χ3v) is 7.39. The summed E-state index contributed by atoms with van der Waals surface area (Å²) < 4.78 is 11.0. The van der Waals surface area contributed by atoms with Gasteiger partial charge in [-0.1, -0.05) is 48.0 Å². The largest absolute Gasteiger partial charge is 0.493 e. The minimum Gasteiger partial charge on any atom is -0.493 e. The molecule has 186 valence electrons. The Bertz CT molecular complexity index is 1630. The molecular formula is C30H27N3O3S. The first-order valence-electron chi connectivity index (χ1n) is 11.8. The topological polar surface area (TPSA) is 86.5 Å². The molecule has 0 bridgehead atoms. The molecule has 0 atom stereocenters. The number of nitrogens with zero attached hydrogens (tertiary/aromatic N) is 1. The zero-order valence-electron chi connectivity index (χ0n) is 21.1. The van der Waals surface area contributed by atoms with Crippen molar-refractivity contribution in [2.45, 2.75) is 13.8 Å². The predicted octanol–water partition coefficient (Wildman–Crippen LogP) is 7.10. The summed E-state index contributed by atoms with van der Waals surface area (Å²) in [7, 11) is 3.21. The van der Waals surface area contributed by atoms with E-state index in [-0.39, 0.29) is 5.91 Å². The quantitative estimate of drug-likeness (QED) is 0.255. The maximum Gasteiger partial charge on any atom is 0.267 e. The molecule has 2 heterocycles. The predicted molar refractivity (Wildman–Crippen MR) is 152 cm³/mol. The van der Waals surface area contributed by atoms with Crippen LogP contribution in [0.15, 0.2) is 72.8 Å². The summed E-state index contributed by atoms with van der Waals surface area (Å²) >= 11 is 1.29. The number of ether oxygens (including phenoxy) is 2.